The molecule has 3 aromatic rings. The third-order valence-electron chi connectivity index (χ3n) is 4.26. The highest BCUT2D eigenvalue weighted by Crippen LogP contribution is 2.31. The van der Waals surface area contributed by atoms with Crippen molar-refractivity contribution in [3.05, 3.63) is 38.9 Å². The van der Waals surface area contributed by atoms with E-state index in [4.69, 9.17) is 21.3 Å². The largest absolute Gasteiger partial charge is 0.394 e. The lowest BCUT2D eigenvalue weighted by Crippen LogP contribution is -2.33. The number of aryl methyl sites for hydroxylation is 1. The molecule has 0 unspecified atom stereocenters. The molecule has 156 valence electrons. The molecule has 1 aliphatic heterocycles. The summed E-state index contributed by atoms with van der Waals surface area (Å²) in [5, 5.41) is 28.7. The molecule has 0 aromatic carbocycles. The number of rotatable bonds is 2. The summed E-state index contributed by atoms with van der Waals surface area (Å²) in [7, 11) is 0. The Labute approximate surface area is 161 Å². The summed E-state index contributed by atoms with van der Waals surface area (Å²) in [5.41, 5.74) is 10.9. The van der Waals surface area contributed by atoms with Crippen LogP contribution in [-0.2, 0) is 4.74 Å². The Bertz CT molecular complexity index is 1120. The van der Waals surface area contributed by atoms with Gasteiger partial charge in [-0.1, -0.05) is 0 Å². The summed E-state index contributed by atoms with van der Waals surface area (Å²) in [4.78, 5) is 38.0. The van der Waals surface area contributed by atoms with E-state index in [9.17, 15) is 19.8 Å². The van der Waals surface area contributed by atoms with Crippen LogP contribution < -0.4 is 22.7 Å². The zero-order valence-corrected chi connectivity index (χ0v) is 15.2. The van der Waals surface area contributed by atoms with Gasteiger partial charge < -0.3 is 31.5 Å². The summed E-state index contributed by atoms with van der Waals surface area (Å²) >= 11 is 0. The number of aliphatic hydroxyl groups is 3. The van der Waals surface area contributed by atoms with Crippen molar-refractivity contribution in [2.75, 3.05) is 18.1 Å². The standard InChI is InChI=1S/C10H13N5O5.C5H7N3O/c11-7-4-8(14-10(19)13-7)15(2-12-4)9-6(18)5(17)3(1-16)20-9;1-3-2-7-5(6)8-4(3)9/h2-3,5-6,9,16-18H,1H2,(H3,11,13,14,19);2H,1H3,(H3,6,7,8,9)/t3-,5-,6-,9-;/m1./s1. The third kappa shape index (κ3) is 3.95. The number of nitrogens with one attached hydrogen (secondary N) is 2. The molecule has 1 aliphatic rings. The van der Waals surface area contributed by atoms with E-state index in [1.54, 1.807) is 6.92 Å². The first-order valence-corrected chi connectivity index (χ1v) is 8.39. The maximum Gasteiger partial charge on any atom is 0.348 e. The van der Waals surface area contributed by atoms with Crippen LogP contribution in [0.15, 0.2) is 22.1 Å². The molecule has 3 aromatic heterocycles. The van der Waals surface area contributed by atoms with Gasteiger partial charge in [-0.15, -0.1) is 0 Å². The molecule has 14 nitrogen and oxygen atoms in total. The number of ether oxygens (including phenoxy) is 1. The minimum Gasteiger partial charge on any atom is -0.394 e. The van der Waals surface area contributed by atoms with Gasteiger partial charge in [-0.05, 0) is 6.92 Å². The molecule has 0 bridgehead atoms. The van der Waals surface area contributed by atoms with Crippen molar-refractivity contribution in [2.45, 2.75) is 31.5 Å². The van der Waals surface area contributed by atoms with Crippen LogP contribution in [-0.4, -0.2) is 69.7 Å². The molecule has 29 heavy (non-hydrogen) atoms. The minimum absolute atomic E-state index is 0.0468. The van der Waals surface area contributed by atoms with Gasteiger partial charge >= 0.3 is 5.69 Å². The van der Waals surface area contributed by atoms with Crippen molar-refractivity contribution in [1.29, 1.82) is 0 Å². The molecular weight excluding hydrogens is 388 g/mol. The highest BCUT2D eigenvalue weighted by atomic mass is 16.6. The van der Waals surface area contributed by atoms with Gasteiger partial charge in [-0.25, -0.2) is 14.8 Å². The van der Waals surface area contributed by atoms with Crippen LogP contribution in [0.1, 0.15) is 11.8 Å². The summed E-state index contributed by atoms with van der Waals surface area (Å²) in [5.74, 6) is 0.205. The maximum atomic E-state index is 11.4. The van der Waals surface area contributed by atoms with E-state index < -0.39 is 36.8 Å². The fraction of sp³-hybridized carbons (Fsp3) is 0.400. The highest BCUT2D eigenvalue weighted by molar-refractivity contribution is 5.81. The van der Waals surface area contributed by atoms with Crippen LogP contribution in [0.5, 0.6) is 0 Å². The number of imidazole rings is 1. The highest BCUT2D eigenvalue weighted by Gasteiger charge is 2.44. The number of H-pyrrole nitrogens is 2. The number of hydrogen-bond acceptors (Lipinski definition) is 11. The molecule has 1 fully saturated rings. The monoisotopic (exact) mass is 408 g/mol. The van der Waals surface area contributed by atoms with Gasteiger partial charge in [0.1, 0.15) is 29.6 Å². The SMILES string of the molecule is Cc1cnc(N)[nH]c1=O.Nc1[nH]c(=O)nc2c1ncn2[C@@H]1O[C@H](CO)[C@@H](O)[C@H]1O. The second-order valence-electron chi connectivity index (χ2n) is 6.29. The van der Waals surface area contributed by atoms with Gasteiger partial charge in [0.25, 0.3) is 5.56 Å². The van der Waals surface area contributed by atoms with Crippen LogP contribution in [0.25, 0.3) is 11.2 Å². The molecule has 9 N–H and O–H groups in total. The Morgan fingerprint density at radius 3 is 2.52 bits per heavy atom. The van der Waals surface area contributed by atoms with Crippen molar-refractivity contribution in [3.63, 3.8) is 0 Å². The second-order valence-corrected chi connectivity index (χ2v) is 6.29. The molecule has 4 heterocycles. The molecule has 0 amide bonds. The van der Waals surface area contributed by atoms with Gasteiger partial charge in [0.05, 0.1) is 12.9 Å². The molecule has 0 radical (unpaired) electrons. The Morgan fingerprint density at radius 2 is 1.93 bits per heavy atom. The van der Waals surface area contributed by atoms with Gasteiger partial charge in [0, 0.05) is 11.8 Å². The molecule has 0 aliphatic carbocycles. The molecule has 1 saturated heterocycles. The lowest BCUT2D eigenvalue weighted by molar-refractivity contribution is -0.0511. The Morgan fingerprint density at radius 1 is 1.21 bits per heavy atom. The van der Waals surface area contributed by atoms with Crippen molar-refractivity contribution in [3.8, 4) is 0 Å². The lowest BCUT2D eigenvalue weighted by atomic mass is 10.1. The Kier molecular flexibility index (Phi) is 5.60. The van der Waals surface area contributed by atoms with Gasteiger partial charge in [-0.3, -0.25) is 19.3 Å². The number of hydrogen-bond donors (Lipinski definition) is 7. The topological polar surface area (TPSA) is 231 Å². The number of fused-ring (bicyclic) bond motifs is 1. The van der Waals surface area contributed by atoms with Crippen molar-refractivity contribution in [2.24, 2.45) is 0 Å². The van der Waals surface area contributed by atoms with E-state index in [0.717, 1.165) is 0 Å². The molecule has 14 heteroatoms. The first-order chi connectivity index (χ1) is 13.7. The first-order valence-electron chi connectivity index (χ1n) is 8.39. The zero-order chi connectivity index (χ0) is 21.3. The summed E-state index contributed by atoms with van der Waals surface area (Å²) in [6, 6.07) is 0. The van der Waals surface area contributed by atoms with E-state index in [-0.39, 0.29) is 28.5 Å². The summed E-state index contributed by atoms with van der Waals surface area (Å²) in [6.07, 6.45) is -1.74. The number of aliphatic hydroxyl groups excluding tert-OH is 3. The average Bonchev–Trinajstić information content (AvgIpc) is 3.21. The lowest BCUT2D eigenvalue weighted by Gasteiger charge is -2.16. The van der Waals surface area contributed by atoms with E-state index >= 15 is 0 Å². The second kappa shape index (κ2) is 7.96. The van der Waals surface area contributed by atoms with Gasteiger partial charge in [0.15, 0.2) is 17.8 Å². The molecule has 0 spiro atoms. The fourth-order valence-corrected chi connectivity index (χ4v) is 2.72. The Hall–Kier alpha value is -3.33. The van der Waals surface area contributed by atoms with E-state index in [0.29, 0.717) is 5.56 Å². The summed E-state index contributed by atoms with van der Waals surface area (Å²) in [6.45, 7) is 1.22. The van der Waals surface area contributed by atoms with E-state index in [1.807, 2.05) is 0 Å². The minimum atomic E-state index is -1.29. The Balaban J connectivity index is 0.000000224. The number of nitrogens with zero attached hydrogens (tertiary/aromatic N) is 4. The average molecular weight is 408 g/mol. The van der Waals surface area contributed by atoms with Crippen LogP contribution in [0.4, 0.5) is 11.8 Å². The van der Waals surface area contributed by atoms with Crippen LogP contribution in [0.3, 0.4) is 0 Å². The smallest absolute Gasteiger partial charge is 0.348 e. The number of aromatic amines is 2. The van der Waals surface area contributed by atoms with Crippen molar-refractivity contribution < 1.29 is 20.1 Å². The van der Waals surface area contributed by atoms with Gasteiger partial charge in [-0.2, -0.15) is 4.98 Å². The molecule has 4 rings (SSSR count). The quantitative estimate of drug-likeness (QED) is 0.225. The fourth-order valence-electron chi connectivity index (χ4n) is 2.72. The predicted molar refractivity (Wildman–Crippen MR) is 99.6 cm³/mol. The number of aromatic nitrogens is 6. The van der Waals surface area contributed by atoms with Crippen molar-refractivity contribution in [1.82, 2.24) is 29.5 Å². The van der Waals surface area contributed by atoms with E-state index in [1.165, 1.54) is 17.1 Å². The molecular formula is C15H20N8O6. The normalized spacial score (nSPS) is 23.7. The van der Waals surface area contributed by atoms with Crippen LogP contribution in [0.2, 0.25) is 0 Å². The number of nitrogen functional groups attached to an aromatic ring is 2. The van der Waals surface area contributed by atoms with Crippen LogP contribution in [0, 0.1) is 6.92 Å². The zero-order valence-electron chi connectivity index (χ0n) is 15.2. The third-order valence-corrected chi connectivity index (χ3v) is 4.26. The molecule has 0 saturated carbocycles. The number of anilines is 2. The van der Waals surface area contributed by atoms with Gasteiger partial charge in [0.2, 0.25) is 0 Å². The van der Waals surface area contributed by atoms with Crippen molar-refractivity contribution >= 4 is 22.9 Å². The molecule has 4 atom stereocenters. The number of nitrogens with two attached hydrogens (primary N) is 2. The van der Waals surface area contributed by atoms with Crippen LogP contribution >= 0.6 is 0 Å². The first kappa shape index (κ1) is 20.4. The summed E-state index contributed by atoms with van der Waals surface area (Å²) < 4.78 is 6.64. The van der Waals surface area contributed by atoms with E-state index in [2.05, 4.69) is 24.9 Å². The maximum absolute atomic E-state index is 11.4. The predicted octanol–water partition coefficient (Wildman–Crippen LogP) is -3.03.